The standard InChI is InChI=1S/C18H12F2N8/c19-12-4-9(22)5-13(20)11(12)7-28-8-24-16-15(26-18(23)27-17(16)28)14-3-1-2-10(6-21)25-14/h1-5,8H,7,22H2,(H2,23,26,27). The summed E-state index contributed by atoms with van der Waals surface area (Å²) in [5.41, 5.74) is 12.6. The van der Waals surface area contributed by atoms with Gasteiger partial charge < -0.3 is 16.0 Å². The number of nitrogens with zero attached hydrogens (tertiary/aromatic N) is 6. The SMILES string of the molecule is N#Cc1cccc(-c2nc(N)nc3c2ncn3Cc2c(F)cc(N)cc2F)n1. The highest BCUT2D eigenvalue weighted by Crippen LogP contribution is 2.26. The summed E-state index contributed by atoms with van der Waals surface area (Å²) in [6.45, 7) is -0.171. The molecule has 10 heteroatoms. The number of aromatic nitrogens is 5. The Labute approximate surface area is 157 Å². The van der Waals surface area contributed by atoms with Crippen LogP contribution in [0.1, 0.15) is 11.3 Å². The highest BCUT2D eigenvalue weighted by Gasteiger charge is 2.18. The van der Waals surface area contributed by atoms with Crippen molar-refractivity contribution >= 4 is 22.8 Å². The van der Waals surface area contributed by atoms with Crippen LogP contribution in [0.15, 0.2) is 36.7 Å². The van der Waals surface area contributed by atoms with Gasteiger partial charge in [-0.3, -0.25) is 0 Å². The third-order valence-corrected chi connectivity index (χ3v) is 4.08. The van der Waals surface area contributed by atoms with Gasteiger partial charge in [0.05, 0.1) is 18.6 Å². The molecule has 3 aromatic heterocycles. The van der Waals surface area contributed by atoms with E-state index in [1.807, 2.05) is 6.07 Å². The number of rotatable bonds is 3. The van der Waals surface area contributed by atoms with Crippen LogP contribution in [0.3, 0.4) is 0 Å². The lowest BCUT2D eigenvalue weighted by Gasteiger charge is -2.09. The van der Waals surface area contributed by atoms with Crippen molar-refractivity contribution in [3.63, 3.8) is 0 Å². The lowest BCUT2D eigenvalue weighted by Crippen LogP contribution is -2.07. The second-order valence-corrected chi connectivity index (χ2v) is 5.96. The number of nitrogens with two attached hydrogens (primary N) is 2. The van der Waals surface area contributed by atoms with Crippen LogP contribution in [0.25, 0.3) is 22.6 Å². The van der Waals surface area contributed by atoms with Gasteiger partial charge in [0.25, 0.3) is 0 Å². The van der Waals surface area contributed by atoms with Crippen molar-refractivity contribution in [2.24, 2.45) is 0 Å². The lowest BCUT2D eigenvalue weighted by molar-refractivity contribution is 0.547. The molecule has 0 aliphatic carbocycles. The van der Waals surface area contributed by atoms with Gasteiger partial charge in [-0.1, -0.05) is 6.07 Å². The maximum absolute atomic E-state index is 14.2. The van der Waals surface area contributed by atoms with E-state index in [1.54, 1.807) is 18.2 Å². The number of benzene rings is 1. The Balaban J connectivity index is 1.85. The summed E-state index contributed by atoms with van der Waals surface area (Å²) in [7, 11) is 0. The predicted octanol–water partition coefficient (Wildman–Crippen LogP) is 2.25. The van der Waals surface area contributed by atoms with Crippen LogP contribution >= 0.6 is 0 Å². The number of imidazole rings is 1. The fourth-order valence-electron chi connectivity index (χ4n) is 2.83. The maximum Gasteiger partial charge on any atom is 0.222 e. The highest BCUT2D eigenvalue weighted by atomic mass is 19.1. The number of nitriles is 1. The molecule has 4 rings (SSSR count). The van der Waals surface area contributed by atoms with E-state index in [9.17, 15) is 8.78 Å². The third-order valence-electron chi connectivity index (χ3n) is 4.08. The minimum Gasteiger partial charge on any atom is -0.399 e. The molecule has 0 saturated heterocycles. The van der Waals surface area contributed by atoms with E-state index < -0.39 is 11.6 Å². The molecule has 3 heterocycles. The van der Waals surface area contributed by atoms with Crippen LogP contribution in [-0.4, -0.2) is 24.5 Å². The topological polar surface area (TPSA) is 132 Å². The van der Waals surface area contributed by atoms with Crippen molar-refractivity contribution in [2.45, 2.75) is 6.54 Å². The second kappa shape index (κ2) is 6.55. The molecule has 28 heavy (non-hydrogen) atoms. The molecule has 0 spiro atoms. The van der Waals surface area contributed by atoms with E-state index in [0.717, 1.165) is 12.1 Å². The van der Waals surface area contributed by atoms with Crippen LogP contribution in [0, 0.1) is 23.0 Å². The summed E-state index contributed by atoms with van der Waals surface area (Å²) in [6.07, 6.45) is 1.38. The van der Waals surface area contributed by atoms with E-state index in [0.29, 0.717) is 16.9 Å². The Kier molecular flexibility index (Phi) is 4.04. The second-order valence-electron chi connectivity index (χ2n) is 5.96. The summed E-state index contributed by atoms with van der Waals surface area (Å²) in [5.74, 6) is -1.61. The fourth-order valence-corrected chi connectivity index (χ4v) is 2.83. The van der Waals surface area contributed by atoms with Crippen molar-refractivity contribution in [1.82, 2.24) is 24.5 Å². The average molecular weight is 378 g/mol. The summed E-state index contributed by atoms with van der Waals surface area (Å²) < 4.78 is 29.8. The molecule has 4 N–H and O–H groups in total. The Bertz CT molecular complexity index is 1240. The predicted molar refractivity (Wildman–Crippen MR) is 97.6 cm³/mol. The number of hydrogen-bond donors (Lipinski definition) is 2. The number of halogens is 2. The third kappa shape index (κ3) is 2.95. The molecule has 0 aliphatic heterocycles. The zero-order chi connectivity index (χ0) is 19.8. The molecule has 4 aromatic rings. The molecular formula is C18H12F2N8. The average Bonchev–Trinajstić information content (AvgIpc) is 3.06. The first-order valence-corrected chi connectivity index (χ1v) is 8.05. The van der Waals surface area contributed by atoms with Crippen LogP contribution in [0.5, 0.6) is 0 Å². The van der Waals surface area contributed by atoms with Gasteiger partial charge in [0, 0.05) is 11.3 Å². The summed E-state index contributed by atoms with van der Waals surface area (Å²) >= 11 is 0. The molecule has 1 aromatic carbocycles. The van der Waals surface area contributed by atoms with Crippen LogP contribution in [-0.2, 0) is 6.54 Å². The molecule has 0 saturated carbocycles. The largest absolute Gasteiger partial charge is 0.399 e. The van der Waals surface area contributed by atoms with Gasteiger partial charge >= 0.3 is 0 Å². The molecule has 0 atom stereocenters. The van der Waals surface area contributed by atoms with E-state index >= 15 is 0 Å². The molecule has 0 aliphatic rings. The van der Waals surface area contributed by atoms with Crippen molar-refractivity contribution < 1.29 is 8.78 Å². The van der Waals surface area contributed by atoms with E-state index in [4.69, 9.17) is 16.7 Å². The van der Waals surface area contributed by atoms with E-state index in [1.165, 1.54) is 10.9 Å². The lowest BCUT2D eigenvalue weighted by atomic mass is 10.1. The Hall–Kier alpha value is -4.13. The van der Waals surface area contributed by atoms with Gasteiger partial charge in [0.2, 0.25) is 5.95 Å². The molecule has 0 amide bonds. The number of hydrogen-bond acceptors (Lipinski definition) is 7. The van der Waals surface area contributed by atoms with Gasteiger partial charge in [-0.05, 0) is 24.3 Å². The van der Waals surface area contributed by atoms with Gasteiger partial charge in [-0.25, -0.2) is 23.7 Å². The molecule has 0 fully saturated rings. The quantitative estimate of drug-likeness (QED) is 0.522. The minimum absolute atomic E-state index is 0.00783. The minimum atomic E-state index is -0.773. The Morgan fingerprint density at radius 1 is 1.07 bits per heavy atom. The van der Waals surface area contributed by atoms with Crippen LogP contribution in [0.2, 0.25) is 0 Å². The van der Waals surface area contributed by atoms with E-state index in [-0.39, 0.29) is 35.1 Å². The van der Waals surface area contributed by atoms with Gasteiger partial charge in [-0.2, -0.15) is 10.2 Å². The van der Waals surface area contributed by atoms with E-state index in [2.05, 4.69) is 19.9 Å². The first-order valence-electron chi connectivity index (χ1n) is 8.05. The van der Waals surface area contributed by atoms with Crippen molar-refractivity contribution in [3.8, 4) is 17.5 Å². The zero-order valence-corrected chi connectivity index (χ0v) is 14.3. The Morgan fingerprint density at radius 2 is 1.82 bits per heavy atom. The zero-order valence-electron chi connectivity index (χ0n) is 14.3. The number of pyridine rings is 1. The first kappa shape index (κ1) is 17.3. The van der Waals surface area contributed by atoms with Gasteiger partial charge in [0.15, 0.2) is 5.65 Å². The maximum atomic E-state index is 14.2. The molecule has 138 valence electrons. The summed E-state index contributed by atoms with van der Waals surface area (Å²) in [5, 5.41) is 9.05. The Morgan fingerprint density at radius 3 is 2.54 bits per heavy atom. The molecule has 0 unspecified atom stereocenters. The van der Waals surface area contributed by atoms with Crippen molar-refractivity contribution in [2.75, 3.05) is 11.5 Å². The van der Waals surface area contributed by atoms with Gasteiger partial charge in [-0.15, -0.1) is 0 Å². The molecular weight excluding hydrogens is 366 g/mol. The van der Waals surface area contributed by atoms with Crippen molar-refractivity contribution in [3.05, 3.63) is 59.6 Å². The number of fused-ring (bicyclic) bond motifs is 1. The van der Waals surface area contributed by atoms with Crippen LogP contribution < -0.4 is 11.5 Å². The summed E-state index contributed by atoms with van der Waals surface area (Å²) in [4.78, 5) is 16.8. The smallest absolute Gasteiger partial charge is 0.222 e. The monoisotopic (exact) mass is 378 g/mol. The van der Waals surface area contributed by atoms with Crippen molar-refractivity contribution in [1.29, 1.82) is 5.26 Å². The number of anilines is 2. The number of nitrogen functional groups attached to an aromatic ring is 2. The fraction of sp³-hybridized carbons (Fsp3) is 0.0556. The molecule has 8 nitrogen and oxygen atoms in total. The normalized spacial score (nSPS) is 10.9. The van der Waals surface area contributed by atoms with Crippen LogP contribution in [0.4, 0.5) is 20.4 Å². The van der Waals surface area contributed by atoms with Gasteiger partial charge in [0.1, 0.15) is 34.6 Å². The molecule has 0 bridgehead atoms. The summed E-state index contributed by atoms with van der Waals surface area (Å²) in [6, 6.07) is 8.90. The highest BCUT2D eigenvalue weighted by molar-refractivity contribution is 5.87. The molecule has 0 radical (unpaired) electrons. The first-order chi connectivity index (χ1) is 13.5.